The molecule has 3 heteroatoms. The molecule has 21 heavy (non-hydrogen) atoms. The highest BCUT2D eigenvalue weighted by atomic mass is 16.5. The zero-order valence-corrected chi connectivity index (χ0v) is 13.8. The summed E-state index contributed by atoms with van der Waals surface area (Å²) >= 11 is 0. The summed E-state index contributed by atoms with van der Waals surface area (Å²) < 4.78 is 5.92. The first-order chi connectivity index (χ1) is 10.1. The van der Waals surface area contributed by atoms with Crippen molar-refractivity contribution in [2.75, 3.05) is 24.6 Å². The van der Waals surface area contributed by atoms with E-state index in [-0.39, 0.29) is 0 Å². The van der Waals surface area contributed by atoms with Crippen LogP contribution in [0.5, 0.6) is 5.75 Å². The summed E-state index contributed by atoms with van der Waals surface area (Å²) in [5, 5.41) is 0. The monoisotopic (exact) mass is 290 g/mol. The Balaban J connectivity index is 1.97. The van der Waals surface area contributed by atoms with E-state index in [9.17, 15) is 0 Å². The standard InChI is InChI=1S/C18H30N2O/c1-4-6-14(2)13-21-17-8-9-18(15(3)11-17)20-10-5-7-16(19)12-20/h8-9,11,14,16H,4-7,10,12-13,19H2,1-3H3. The van der Waals surface area contributed by atoms with E-state index in [0.717, 1.165) is 31.9 Å². The number of rotatable bonds is 6. The van der Waals surface area contributed by atoms with Crippen molar-refractivity contribution in [1.29, 1.82) is 0 Å². The number of aryl methyl sites for hydroxylation is 1. The molecule has 0 bridgehead atoms. The molecule has 1 saturated heterocycles. The van der Waals surface area contributed by atoms with Crippen LogP contribution in [0.4, 0.5) is 5.69 Å². The second kappa shape index (κ2) is 7.69. The molecule has 0 radical (unpaired) electrons. The fourth-order valence-corrected chi connectivity index (χ4v) is 3.12. The van der Waals surface area contributed by atoms with Crippen molar-refractivity contribution in [3.63, 3.8) is 0 Å². The second-order valence-corrected chi connectivity index (χ2v) is 6.50. The van der Waals surface area contributed by atoms with Crippen molar-refractivity contribution in [1.82, 2.24) is 0 Å². The summed E-state index contributed by atoms with van der Waals surface area (Å²) in [6.45, 7) is 9.52. The first kappa shape index (κ1) is 16.2. The predicted octanol–water partition coefficient (Wildman–Crippen LogP) is 3.74. The fourth-order valence-electron chi connectivity index (χ4n) is 3.12. The van der Waals surface area contributed by atoms with E-state index in [1.165, 1.54) is 30.5 Å². The molecule has 0 spiro atoms. The number of piperidine rings is 1. The number of anilines is 1. The lowest BCUT2D eigenvalue weighted by Crippen LogP contribution is -2.43. The molecule has 0 aromatic heterocycles. The molecule has 2 N–H and O–H groups in total. The minimum Gasteiger partial charge on any atom is -0.493 e. The highest BCUT2D eigenvalue weighted by Gasteiger charge is 2.18. The van der Waals surface area contributed by atoms with Gasteiger partial charge in [-0.1, -0.05) is 20.3 Å². The molecule has 1 heterocycles. The van der Waals surface area contributed by atoms with Crippen LogP contribution in [0.25, 0.3) is 0 Å². The lowest BCUT2D eigenvalue weighted by molar-refractivity contribution is 0.251. The molecular weight excluding hydrogens is 260 g/mol. The summed E-state index contributed by atoms with van der Waals surface area (Å²) in [5.74, 6) is 1.61. The second-order valence-electron chi connectivity index (χ2n) is 6.50. The maximum atomic E-state index is 6.09. The number of nitrogens with zero attached hydrogens (tertiary/aromatic N) is 1. The molecule has 2 unspecified atom stereocenters. The van der Waals surface area contributed by atoms with Gasteiger partial charge in [0.2, 0.25) is 0 Å². The zero-order chi connectivity index (χ0) is 15.2. The Morgan fingerprint density at radius 3 is 2.90 bits per heavy atom. The minimum absolute atomic E-state index is 0.309. The highest BCUT2D eigenvalue weighted by molar-refractivity contribution is 5.56. The minimum atomic E-state index is 0.309. The molecule has 118 valence electrons. The van der Waals surface area contributed by atoms with Crippen LogP contribution in [-0.4, -0.2) is 25.7 Å². The molecule has 1 aliphatic rings. The predicted molar refractivity (Wildman–Crippen MR) is 90.2 cm³/mol. The Labute approximate surface area is 129 Å². The third-order valence-corrected chi connectivity index (χ3v) is 4.28. The number of ether oxygens (including phenoxy) is 1. The summed E-state index contributed by atoms with van der Waals surface area (Å²) in [6, 6.07) is 6.76. The van der Waals surface area contributed by atoms with Crippen molar-refractivity contribution in [3.8, 4) is 5.75 Å². The highest BCUT2D eigenvalue weighted by Crippen LogP contribution is 2.27. The van der Waals surface area contributed by atoms with Gasteiger partial charge < -0.3 is 15.4 Å². The molecule has 1 aliphatic heterocycles. The van der Waals surface area contributed by atoms with Crippen molar-refractivity contribution in [3.05, 3.63) is 23.8 Å². The molecule has 1 fully saturated rings. The van der Waals surface area contributed by atoms with E-state index in [1.807, 2.05) is 0 Å². The summed E-state index contributed by atoms with van der Waals surface area (Å²) in [4.78, 5) is 2.41. The van der Waals surface area contributed by atoms with E-state index in [4.69, 9.17) is 10.5 Å². The van der Waals surface area contributed by atoms with E-state index in [2.05, 4.69) is 43.9 Å². The molecule has 1 aromatic rings. The van der Waals surface area contributed by atoms with Crippen molar-refractivity contribution < 1.29 is 4.74 Å². The smallest absolute Gasteiger partial charge is 0.119 e. The van der Waals surface area contributed by atoms with E-state index in [1.54, 1.807) is 0 Å². The van der Waals surface area contributed by atoms with Crippen LogP contribution in [0.2, 0.25) is 0 Å². The first-order valence-corrected chi connectivity index (χ1v) is 8.34. The van der Waals surface area contributed by atoms with Gasteiger partial charge in [0.05, 0.1) is 6.61 Å². The van der Waals surface area contributed by atoms with Crippen molar-refractivity contribution in [2.45, 2.75) is 52.5 Å². The van der Waals surface area contributed by atoms with Gasteiger partial charge in [-0.3, -0.25) is 0 Å². The molecule has 0 saturated carbocycles. The topological polar surface area (TPSA) is 38.5 Å². The molecule has 1 aromatic carbocycles. The Hall–Kier alpha value is -1.22. The van der Waals surface area contributed by atoms with E-state index >= 15 is 0 Å². The number of nitrogens with two attached hydrogens (primary N) is 1. The van der Waals surface area contributed by atoms with Crippen LogP contribution in [-0.2, 0) is 0 Å². The van der Waals surface area contributed by atoms with E-state index in [0.29, 0.717) is 12.0 Å². The molecular formula is C18H30N2O. The van der Waals surface area contributed by atoms with Crippen LogP contribution in [0.3, 0.4) is 0 Å². The number of benzene rings is 1. The van der Waals surface area contributed by atoms with Gasteiger partial charge in [-0.2, -0.15) is 0 Å². The van der Waals surface area contributed by atoms with Gasteiger partial charge in [-0.25, -0.2) is 0 Å². The van der Waals surface area contributed by atoms with Gasteiger partial charge in [0, 0.05) is 24.8 Å². The maximum Gasteiger partial charge on any atom is 0.119 e. The fraction of sp³-hybridized carbons (Fsp3) is 0.667. The average Bonchev–Trinajstić information content (AvgIpc) is 2.45. The quantitative estimate of drug-likeness (QED) is 0.867. The molecule has 2 atom stereocenters. The molecule has 3 nitrogen and oxygen atoms in total. The molecule has 0 aliphatic carbocycles. The van der Waals surface area contributed by atoms with Crippen LogP contribution in [0.15, 0.2) is 18.2 Å². The number of hydrogen-bond donors (Lipinski definition) is 1. The Morgan fingerprint density at radius 2 is 2.24 bits per heavy atom. The molecule has 2 rings (SSSR count). The molecule has 0 amide bonds. The zero-order valence-electron chi connectivity index (χ0n) is 13.8. The SMILES string of the molecule is CCCC(C)COc1ccc(N2CCCC(N)C2)c(C)c1. The van der Waals surface area contributed by atoms with Crippen molar-refractivity contribution >= 4 is 5.69 Å². The van der Waals surface area contributed by atoms with Gasteiger partial charge in [0.15, 0.2) is 0 Å². The normalized spacial score (nSPS) is 20.4. The maximum absolute atomic E-state index is 6.09. The summed E-state index contributed by atoms with van der Waals surface area (Å²) in [5.41, 5.74) is 8.67. The third kappa shape index (κ3) is 4.63. The third-order valence-electron chi connectivity index (χ3n) is 4.28. The van der Waals surface area contributed by atoms with Gasteiger partial charge in [-0.05, 0) is 55.9 Å². The van der Waals surface area contributed by atoms with Crippen molar-refractivity contribution in [2.24, 2.45) is 11.7 Å². The van der Waals surface area contributed by atoms with Gasteiger partial charge in [0.25, 0.3) is 0 Å². The van der Waals surface area contributed by atoms with Crippen LogP contribution in [0.1, 0.15) is 45.1 Å². The lowest BCUT2D eigenvalue weighted by atomic mass is 10.0. The van der Waals surface area contributed by atoms with Gasteiger partial charge in [-0.15, -0.1) is 0 Å². The van der Waals surface area contributed by atoms with Crippen LogP contribution >= 0.6 is 0 Å². The Bertz CT molecular complexity index is 447. The first-order valence-electron chi connectivity index (χ1n) is 8.34. The Kier molecular flexibility index (Phi) is 5.92. The lowest BCUT2D eigenvalue weighted by Gasteiger charge is -2.33. The van der Waals surface area contributed by atoms with Crippen LogP contribution < -0.4 is 15.4 Å². The van der Waals surface area contributed by atoms with E-state index < -0.39 is 0 Å². The number of hydrogen-bond acceptors (Lipinski definition) is 3. The average molecular weight is 290 g/mol. The summed E-state index contributed by atoms with van der Waals surface area (Å²) in [7, 11) is 0. The van der Waals surface area contributed by atoms with Crippen LogP contribution in [0, 0.1) is 12.8 Å². The van der Waals surface area contributed by atoms with Gasteiger partial charge in [0.1, 0.15) is 5.75 Å². The Morgan fingerprint density at radius 1 is 1.43 bits per heavy atom. The summed E-state index contributed by atoms with van der Waals surface area (Å²) in [6.07, 6.45) is 4.78. The largest absolute Gasteiger partial charge is 0.493 e. The van der Waals surface area contributed by atoms with Gasteiger partial charge >= 0.3 is 0 Å².